The van der Waals surface area contributed by atoms with Gasteiger partial charge in [0.25, 0.3) is 0 Å². The molecule has 1 N–H and O–H groups in total. The van der Waals surface area contributed by atoms with Crippen molar-refractivity contribution in [3.8, 4) is 0 Å². The third-order valence-corrected chi connectivity index (χ3v) is 3.98. The molecule has 2 rings (SSSR count). The minimum absolute atomic E-state index is 0.0579. The summed E-state index contributed by atoms with van der Waals surface area (Å²) in [5, 5.41) is 3.96. The lowest BCUT2D eigenvalue weighted by Crippen LogP contribution is -2.16. The molecule has 0 saturated heterocycles. The number of aromatic nitrogens is 1. The number of nitrogens with one attached hydrogen (secondary N) is 1. The van der Waals surface area contributed by atoms with Gasteiger partial charge in [-0.15, -0.1) is 11.3 Å². The van der Waals surface area contributed by atoms with E-state index in [0.717, 1.165) is 42.9 Å². The average Bonchev–Trinajstić information content (AvgIpc) is 3.11. The molecule has 0 aromatic carbocycles. The zero-order chi connectivity index (χ0) is 14.6. The highest BCUT2D eigenvalue weighted by molar-refractivity contribution is 7.11. The van der Waals surface area contributed by atoms with E-state index in [-0.39, 0.29) is 6.61 Å². The number of thiazole rings is 1. The Labute approximate surface area is 120 Å². The molecule has 1 heterocycles. The predicted molar refractivity (Wildman–Crippen MR) is 71.8 cm³/mol. The van der Waals surface area contributed by atoms with Gasteiger partial charge in [0.2, 0.25) is 0 Å². The molecule has 114 valence electrons. The molecule has 0 aliphatic heterocycles. The van der Waals surface area contributed by atoms with Crippen LogP contribution >= 0.6 is 11.3 Å². The maximum Gasteiger partial charge on any atom is 0.411 e. The summed E-state index contributed by atoms with van der Waals surface area (Å²) in [6.07, 6.45) is -0.956. The molecule has 3 nitrogen and oxygen atoms in total. The fraction of sp³-hybridized carbons (Fsp3) is 0.769. The molecule has 1 aliphatic carbocycles. The van der Waals surface area contributed by atoms with Gasteiger partial charge in [-0.1, -0.05) is 6.92 Å². The second kappa shape index (κ2) is 6.87. The largest absolute Gasteiger partial charge is 0.411 e. The zero-order valence-electron chi connectivity index (χ0n) is 11.4. The second-order valence-corrected chi connectivity index (χ2v) is 6.14. The maximum atomic E-state index is 12.0. The first-order valence-electron chi connectivity index (χ1n) is 6.83. The van der Waals surface area contributed by atoms with E-state index in [4.69, 9.17) is 0 Å². The zero-order valence-corrected chi connectivity index (χ0v) is 12.2. The van der Waals surface area contributed by atoms with E-state index in [1.54, 1.807) is 0 Å². The first-order chi connectivity index (χ1) is 9.49. The molecule has 20 heavy (non-hydrogen) atoms. The molecule has 0 bridgehead atoms. The van der Waals surface area contributed by atoms with Crippen LogP contribution in [-0.4, -0.2) is 24.3 Å². The lowest BCUT2D eigenvalue weighted by Gasteiger charge is -2.05. The third-order valence-electron chi connectivity index (χ3n) is 2.94. The molecule has 0 unspecified atom stereocenters. The molecule has 1 fully saturated rings. The highest BCUT2D eigenvalue weighted by Crippen LogP contribution is 2.42. The number of hydrogen-bond acceptors (Lipinski definition) is 4. The lowest BCUT2D eigenvalue weighted by atomic mass is 10.2. The molecule has 1 aromatic heterocycles. The fourth-order valence-electron chi connectivity index (χ4n) is 1.91. The summed E-state index contributed by atoms with van der Waals surface area (Å²) in [5.41, 5.74) is 1.06. The van der Waals surface area contributed by atoms with Crippen molar-refractivity contribution in [2.75, 3.05) is 13.2 Å². The van der Waals surface area contributed by atoms with Crippen LogP contribution in [0.1, 0.15) is 47.7 Å². The first kappa shape index (κ1) is 15.7. The number of halogens is 3. The standard InChI is InChI=1S/C13H19F3N2OS/c1-2-5-17-6-10-12(9-3-4-9)18-11(20-10)7-19-8-13(14,15)16/h9,17H,2-8H2,1H3. The molecule has 0 spiro atoms. The quantitative estimate of drug-likeness (QED) is 0.745. The van der Waals surface area contributed by atoms with Crippen molar-refractivity contribution in [1.29, 1.82) is 0 Å². The first-order valence-corrected chi connectivity index (χ1v) is 7.65. The van der Waals surface area contributed by atoms with Gasteiger partial charge in [0, 0.05) is 17.3 Å². The Bertz CT molecular complexity index is 430. The lowest BCUT2D eigenvalue weighted by molar-refractivity contribution is -0.176. The summed E-state index contributed by atoms with van der Waals surface area (Å²) < 4.78 is 40.8. The van der Waals surface area contributed by atoms with Gasteiger partial charge in [-0.25, -0.2) is 4.98 Å². The molecule has 1 saturated carbocycles. The van der Waals surface area contributed by atoms with E-state index < -0.39 is 12.8 Å². The van der Waals surface area contributed by atoms with Crippen molar-refractivity contribution >= 4 is 11.3 Å². The van der Waals surface area contributed by atoms with E-state index in [9.17, 15) is 13.2 Å². The topological polar surface area (TPSA) is 34.1 Å². The van der Waals surface area contributed by atoms with Gasteiger partial charge in [-0.3, -0.25) is 0 Å². The summed E-state index contributed by atoms with van der Waals surface area (Å²) in [5.74, 6) is 0.501. The Morgan fingerprint density at radius 3 is 2.75 bits per heavy atom. The minimum atomic E-state index is -4.28. The normalized spacial score (nSPS) is 15.8. The molecule has 0 atom stereocenters. The summed E-state index contributed by atoms with van der Waals surface area (Å²) >= 11 is 1.46. The van der Waals surface area contributed by atoms with Crippen molar-refractivity contribution in [2.45, 2.75) is 51.4 Å². The highest BCUT2D eigenvalue weighted by atomic mass is 32.1. The van der Waals surface area contributed by atoms with Crippen molar-refractivity contribution in [2.24, 2.45) is 0 Å². The van der Waals surface area contributed by atoms with Gasteiger partial charge in [-0.2, -0.15) is 13.2 Å². The van der Waals surface area contributed by atoms with Gasteiger partial charge in [0.05, 0.1) is 12.3 Å². The van der Waals surface area contributed by atoms with Crippen LogP contribution in [0.3, 0.4) is 0 Å². The Hall–Kier alpha value is -0.660. The number of rotatable bonds is 8. The highest BCUT2D eigenvalue weighted by Gasteiger charge is 2.30. The Balaban J connectivity index is 1.90. The predicted octanol–water partition coefficient (Wildman–Crippen LogP) is 3.60. The Morgan fingerprint density at radius 1 is 1.40 bits per heavy atom. The molecule has 7 heteroatoms. The van der Waals surface area contributed by atoms with Crippen LogP contribution in [0.5, 0.6) is 0 Å². The van der Waals surface area contributed by atoms with Gasteiger partial charge in [0.1, 0.15) is 11.6 Å². The molecule has 1 aromatic rings. The van der Waals surface area contributed by atoms with Crippen LogP contribution < -0.4 is 5.32 Å². The molecular formula is C13H19F3N2OS. The van der Waals surface area contributed by atoms with E-state index in [2.05, 4.69) is 22.0 Å². The summed E-state index contributed by atoms with van der Waals surface area (Å²) in [6, 6.07) is 0. The van der Waals surface area contributed by atoms with E-state index in [1.165, 1.54) is 11.3 Å². The Morgan fingerprint density at radius 2 is 2.15 bits per heavy atom. The summed E-state index contributed by atoms with van der Waals surface area (Å²) in [4.78, 5) is 5.60. The van der Waals surface area contributed by atoms with Crippen molar-refractivity contribution in [1.82, 2.24) is 10.3 Å². The number of nitrogens with zero attached hydrogens (tertiary/aromatic N) is 1. The van der Waals surface area contributed by atoms with Crippen molar-refractivity contribution in [3.63, 3.8) is 0 Å². The number of alkyl halides is 3. The van der Waals surface area contributed by atoms with Crippen LogP contribution in [0.15, 0.2) is 0 Å². The Kier molecular flexibility index (Phi) is 5.40. The molecule has 0 radical (unpaired) electrons. The summed E-state index contributed by atoms with van der Waals surface area (Å²) in [6.45, 7) is 2.50. The van der Waals surface area contributed by atoms with Gasteiger partial charge < -0.3 is 10.1 Å². The number of hydrogen-bond donors (Lipinski definition) is 1. The fourth-order valence-corrected chi connectivity index (χ4v) is 2.97. The molecule has 0 amide bonds. The average molecular weight is 308 g/mol. The smallest absolute Gasteiger partial charge is 0.365 e. The van der Waals surface area contributed by atoms with Crippen LogP contribution in [0.4, 0.5) is 13.2 Å². The van der Waals surface area contributed by atoms with Gasteiger partial charge in [0.15, 0.2) is 0 Å². The summed E-state index contributed by atoms with van der Waals surface area (Å²) in [7, 11) is 0. The van der Waals surface area contributed by atoms with Gasteiger partial charge >= 0.3 is 6.18 Å². The maximum absolute atomic E-state index is 12.0. The van der Waals surface area contributed by atoms with Crippen LogP contribution in [0, 0.1) is 0 Å². The van der Waals surface area contributed by atoms with Crippen LogP contribution in [-0.2, 0) is 17.9 Å². The second-order valence-electron chi connectivity index (χ2n) is 4.98. The van der Waals surface area contributed by atoms with E-state index >= 15 is 0 Å². The van der Waals surface area contributed by atoms with E-state index in [1.807, 2.05) is 0 Å². The third kappa shape index (κ3) is 5.03. The van der Waals surface area contributed by atoms with Crippen LogP contribution in [0.2, 0.25) is 0 Å². The van der Waals surface area contributed by atoms with Crippen LogP contribution in [0.25, 0.3) is 0 Å². The van der Waals surface area contributed by atoms with E-state index in [0.29, 0.717) is 10.9 Å². The molecular weight excluding hydrogens is 289 g/mol. The minimum Gasteiger partial charge on any atom is -0.365 e. The SMILES string of the molecule is CCCNCc1sc(COCC(F)(F)F)nc1C1CC1. The molecule has 1 aliphatic rings. The monoisotopic (exact) mass is 308 g/mol. The van der Waals surface area contributed by atoms with Crippen molar-refractivity contribution < 1.29 is 17.9 Å². The van der Waals surface area contributed by atoms with Gasteiger partial charge in [-0.05, 0) is 25.8 Å². The number of ether oxygens (including phenoxy) is 1. The van der Waals surface area contributed by atoms with Crippen molar-refractivity contribution in [3.05, 3.63) is 15.6 Å².